The molecule has 0 aromatic carbocycles. The van der Waals surface area contributed by atoms with E-state index in [1.165, 1.54) is 11.9 Å². The second-order valence-corrected chi connectivity index (χ2v) is 7.00. The van der Waals surface area contributed by atoms with Crippen molar-refractivity contribution in [1.29, 1.82) is 0 Å². The minimum atomic E-state index is -0.496. The van der Waals surface area contributed by atoms with Crippen molar-refractivity contribution in [3.63, 3.8) is 0 Å². The second kappa shape index (κ2) is 4.64. The van der Waals surface area contributed by atoms with Gasteiger partial charge >= 0.3 is 6.09 Å². The standard InChI is InChI=1S/C12H20N2O3S/c1-7-5-14(11(16)17-12(2,3)4)6-8-9(7)18-13-10(8)15/h7-9H,5-6H2,1-4H3,(H,13,15). The summed E-state index contributed by atoms with van der Waals surface area (Å²) < 4.78 is 8.16. The number of hydrogen-bond acceptors (Lipinski definition) is 4. The van der Waals surface area contributed by atoms with Crippen molar-refractivity contribution in [3.8, 4) is 0 Å². The fourth-order valence-corrected chi connectivity index (χ4v) is 3.47. The van der Waals surface area contributed by atoms with E-state index < -0.39 is 5.60 Å². The number of piperidine rings is 1. The lowest BCUT2D eigenvalue weighted by Gasteiger charge is -2.37. The summed E-state index contributed by atoms with van der Waals surface area (Å²) in [6, 6.07) is 0. The number of ether oxygens (including phenoxy) is 1. The zero-order valence-corrected chi connectivity index (χ0v) is 12.0. The Morgan fingerprint density at radius 1 is 1.44 bits per heavy atom. The number of carbonyl (C=O) groups excluding carboxylic acids is 2. The van der Waals surface area contributed by atoms with Gasteiger partial charge in [0.2, 0.25) is 5.91 Å². The van der Waals surface area contributed by atoms with Gasteiger partial charge in [0.15, 0.2) is 0 Å². The fraction of sp³-hybridized carbons (Fsp3) is 0.833. The molecular weight excluding hydrogens is 252 g/mol. The largest absolute Gasteiger partial charge is 0.444 e. The third kappa shape index (κ3) is 2.74. The molecule has 3 unspecified atom stereocenters. The zero-order valence-electron chi connectivity index (χ0n) is 11.2. The van der Waals surface area contributed by atoms with E-state index in [-0.39, 0.29) is 23.2 Å². The predicted octanol–water partition coefficient (Wildman–Crippen LogP) is 1.64. The van der Waals surface area contributed by atoms with Crippen LogP contribution in [0.2, 0.25) is 0 Å². The topological polar surface area (TPSA) is 58.6 Å². The molecule has 0 bridgehead atoms. The molecule has 0 aromatic heterocycles. The summed E-state index contributed by atoms with van der Waals surface area (Å²) in [5.74, 6) is 0.219. The van der Waals surface area contributed by atoms with Crippen LogP contribution in [-0.2, 0) is 9.53 Å². The molecule has 2 aliphatic heterocycles. The SMILES string of the molecule is CC1CN(C(=O)OC(C)(C)C)CC2C(=O)NSC12. The Balaban J connectivity index is 2.03. The third-order valence-electron chi connectivity index (χ3n) is 3.17. The van der Waals surface area contributed by atoms with Crippen molar-refractivity contribution in [2.24, 2.45) is 11.8 Å². The molecule has 5 nitrogen and oxygen atoms in total. The molecule has 3 atom stereocenters. The van der Waals surface area contributed by atoms with Crippen LogP contribution in [0.15, 0.2) is 0 Å². The van der Waals surface area contributed by atoms with Crippen LogP contribution in [0.3, 0.4) is 0 Å². The van der Waals surface area contributed by atoms with Gasteiger partial charge in [-0.05, 0) is 38.6 Å². The first kappa shape index (κ1) is 13.5. The van der Waals surface area contributed by atoms with Crippen LogP contribution < -0.4 is 4.72 Å². The number of carbonyl (C=O) groups is 2. The van der Waals surface area contributed by atoms with Gasteiger partial charge in [-0.3, -0.25) is 9.52 Å². The molecule has 102 valence electrons. The molecule has 0 spiro atoms. The first-order chi connectivity index (χ1) is 8.28. The number of hydrogen-bond donors (Lipinski definition) is 1. The second-order valence-electron chi connectivity index (χ2n) is 6.02. The summed E-state index contributed by atoms with van der Waals surface area (Å²) in [4.78, 5) is 25.4. The molecule has 0 saturated carbocycles. The van der Waals surface area contributed by atoms with Crippen molar-refractivity contribution in [1.82, 2.24) is 9.62 Å². The van der Waals surface area contributed by atoms with Crippen molar-refractivity contribution in [2.45, 2.75) is 38.5 Å². The van der Waals surface area contributed by atoms with Crippen molar-refractivity contribution >= 4 is 23.9 Å². The third-order valence-corrected chi connectivity index (χ3v) is 4.55. The van der Waals surface area contributed by atoms with Gasteiger partial charge in [0, 0.05) is 18.3 Å². The van der Waals surface area contributed by atoms with Gasteiger partial charge in [0.05, 0.1) is 5.92 Å². The molecule has 0 aliphatic carbocycles. The van der Waals surface area contributed by atoms with E-state index in [2.05, 4.69) is 11.6 Å². The van der Waals surface area contributed by atoms with Gasteiger partial charge in [0.25, 0.3) is 0 Å². The molecule has 0 radical (unpaired) electrons. The molecule has 2 heterocycles. The van der Waals surface area contributed by atoms with Crippen LogP contribution >= 0.6 is 11.9 Å². The number of nitrogens with one attached hydrogen (secondary N) is 1. The summed E-state index contributed by atoms with van der Waals surface area (Å²) in [5.41, 5.74) is -0.496. The summed E-state index contributed by atoms with van der Waals surface area (Å²) in [6.45, 7) is 8.72. The average molecular weight is 272 g/mol. The van der Waals surface area contributed by atoms with E-state index >= 15 is 0 Å². The van der Waals surface area contributed by atoms with Crippen LogP contribution in [0.25, 0.3) is 0 Å². The Morgan fingerprint density at radius 3 is 2.72 bits per heavy atom. The molecular formula is C12H20N2O3S. The highest BCUT2D eigenvalue weighted by Gasteiger charge is 2.45. The lowest BCUT2D eigenvalue weighted by molar-refractivity contribution is -0.123. The van der Waals surface area contributed by atoms with Crippen LogP contribution in [-0.4, -0.2) is 40.8 Å². The molecule has 6 heteroatoms. The smallest absolute Gasteiger partial charge is 0.410 e. The molecule has 0 aromatic rings. The Hall–Kier alpha value is -0.910. The summed E-state index contributed by atoms with van der Waals surface area (Å²) in [6.07, 6.45) is -0.322. The Labute approximate surface area is 112 Å². The van der Waals surface area contributed by atoms with E-state index in [4.69, 9.17) is 4.74 Å². The predicted molar refractivity (Wildman–Crippen MR) is 70.0 cm³/mol. The van der Waals surface area contributed by atoms with Crippen LogP contribution in [0.5, 0.6) is 0 Å². The first-order valence-corrected chi connectivity index (χ1v) is 7.09. The summed E-state index contributed by atoms with van der Waals surface area (Å²) in [5, 5.41) is 0.274. The van der Waals surface area contributed by atoms with Gasteiger partial charge in [-0.25, -0.2) is 4.79 Å². The van der Waals surface area contributed by atoms with Gasteiger partial charge in [-0.2, -0.15) is 0 Å². The maximum atomic E-state index is 12.0. The molecule has 2 aliphatic rings. The number of nitrogens with zero attached hydrogens (tertiary/aromatic N) is 1. The maximum Gasteiger partial charge on any atom is 0.410 e. The minimum Gasteiger partial charge on any atom is -0.444 e. The van der Waals surface area contributed by atoms with Gasteiger partial charge in [0.1, 0.15) is 5.60 Å². The number of amides is 2. The van der Waals surface area contributed by atoms with E-state index in [0.717, 1.165) is 0 Å². The monoisotopic (exact) mass is 272 g/mol. The molecule has 18 heavy (non-hydrogen) atoms. The zero-order chi connectivity index (χ0) is 13.5. The highest BCUT2D eigenvalue weighted by molar-refractivity contribution is 7.99. The normalized spacial score (nSPS) is 31.9. The summed E-state index contributed by atoms with van der Waals surface area (Å²) in [7, 11) is 0. The van der Waals surface area contributed by atoms with E-state index in [0.29, 0.717) is 19.0 Å². The average Bonchev–Trinajstić information content (AvgIpc) is 2.58. The van der Waals surface area contributed by atoms with Crippen LogP contribution in [0, 0.1) is 11.8 Å². The first-order valence-electron chi connectivity index (χ1n) is 6.21. The van der Waals surface area contributed by atoms with E-state index in [9.17, 15) is 9.59 Å². The Morgan fingerprint density at radius 2 is 2.11 bits per heavy atom. The maximum absolute atomic E-state index is 12.0. The number of fused-ring (bicyclic) bond motifs is 1. The van der Waals surface area contributed by atoms with Crippen LogP contribution in [0.1, 0.15) is 27.7 Å². The highest BCUT2D eigenvalue weighted by atomic mass is 32.2. The quantitative estimate of drug-likeness (QED) is 0.681. The molecule has 2 saturated heterocycles. The lowest BCUT2D eigenvalue weighted by atomic mass is 9.89. The molecule has 2 amide bonds. The Kier molecular flexibility index (Phi) is 3.49. The number of likely N-dealkylation sites (tertiary alicyclic amines) is 1. The molecule has 2 rings (SSSR count). The lowest BCUT2D eigenvalue weighted by Crippen LogP contribution is -2.51. The van der Waals surface area contributed by atoms with E-state index in [1.54, 1.807) is 4.90 Å². The number of rotatable bonds is 0. The van der Waals surface area contributed by atoms with E-state index in [1.807, 2.05) is 20.8 Å². The van der Waals surface area contributed by atoms with Crippen molar-refractivity contribution in [2.75, 3.05) is 13.1 Å². The fourth-order valence-electron chi connectivity index (χ4n) is 2.37. The van der Waals surface area contributed by atoms with Gasteiger partial charge < -0.3 is 9.64 Å². The molecule has 2 fully saturated rings. The minimum absolute atomic E-state index is 0.0325. The van der Waals surface area contributed by atoms with Gasteiger partial charge in [-0.1, -0.05) is 6.92 Å². The highest BCUT2D eigenvalue weighted by Crippen LogP contribution is 2.36. The Bertz CT molecular complexity index is 367. The summed E-state index contributed by atoms with van der Waals surface area (Å²) >= 11 is 1.49. The van der Waals surface area contributed by atoms with Crippen LogP contribution in [0.4, 0.5) is 4.79 Å². The van der Waals surface area contributed by atoms with Crippen molar-refractivity contribution in [3.05, 3.63) is 0 Å². The molecule has 1 N–H and O–H groups in total. The van der Waals surface area contributed by atoms with Crippen molar-refractivity contribution < 1.29 is 14.3 Å². The van der Waals surface area contributed by atoms with Gasteiger partial charge in [-0.15, -0.1) is 0 Å².